The third-order valence-corrected chi connectivity index (χ3v) is 6.76. The van der Waals surface area contributed by atoms with E-state index in [1.54, 1.807) is 24.3 Å². The first-order chi connectivity index (χ1) is 16.3. The Morgan fingerprint density at radius 1 is 1.03 bits per heavy atom. The summed E-state index contributed by atoms with van der Waals surface area (Å²) >= 11 is 0. The third kappa shape index (κ3) is 5.52. The zero-order valence-electron chi connectivity index (χ0n) is 18.7. The molecule has 2 aliphatic rings. The zero-order valence-corrected chi connectivity index (χ0v) is 18.7. The van der Waals surface area contributed by atoms with Crippen molar-refractivity contribution < 1.29 is 27.5 Å². The van der Waals surface area contributed by atoms with E-state index < -0.39 is 23.5 Å². The van der Waals surface area contributed by atoms with E-state index in [1.165, 1.54) is 0 Å². The van der Waals surface area contributed by atoms with Crippen LogP contribution in [0.2, 0.25) is 0 Å². The van der Waals surface area contributed by atoms with Crippen LogP contribution in [0.3, 0.4) is 0 Å². The third-order valence-electron chi connectivity index (χ3n) is 6.76. The van der Waals surface area contributed by atoms with Crippen LogP contribution in [0.1, 0.15) is 31.2 Å². The van der Waals surface area contributed by atoms with Gasteiger partial charge in [-0.05, 0) is 61.8 Å². The van der Waals surface area contributed by atoms with Gasteiger partial charge in [-0.15, -0.1) is 0 Å². The molecule has 9 heteroatoms. The number of piperidine rings is 1. The number of fused-ring (bicyclic) bond motifs is 2. The molecular weight excluding hydrogens is 447 g/mol. The summed E-state index contributed by atoms with van der Waals surface area (Å²) in [5.74, 6) is -3.06. The van der Waals surface area contributed by atoms with Gasteiger partial charge in [-0.3, -0.25) is 9.59 Å². The fraction of sp³-hybridized carbons (Fsp3) is 0.440. The molecule has 182 valence electrons. The monoisotopic (exact) mass is 475 g/mol. The first kappa shape index (κ1) is 24.1. The van der Waals surface area contributed by atoms with Gasteiger partial charge in [-0.1, -0.05) is 18.2 Å². The molecule has 2 bridgehead atoms. The summed E-state index contributed by atoms with van der Waals surface area (Å²) in [6.07, 6.45) is 3.08. The quantitative estimate of drug-likeness (QED) is 0.575. The van der Waals surface area contributed by atoms with Crippen molar-refractivity contribution in [3.8, 4) is 5.75 Å². The molecular formula is C25H28F3N3O3. The van der Waals surface area contributed by atoms with Crippen molar-refractivity contribution in [1.82, 2.24) is 10.2 Å². The van der Waals surface area contributed by atoms with Crippen molar-refractivity contribution in [2.45, 2.75) is 50.2 Å². The van der Waals surface area contributed by atoms with Crippen LogP contribution in [0.5, 0.6) is 5.75 Å². The van der Waals surface area contributed by atoms with Gasteiger partial charge < -0.3 is 20.7 Å². The molecule has 2 fully saturated rings. The first-order valence-electron chi connectivity index (χ1n) is 11.5. The average molecular weight is 476 g/mol. The second-order valence-electron chi connectivity index (χ2n) is 9.02. The lowest BCUT2D eigenvalue weighted by Crippen LogP contribution is -2.53. The lowest BCUT2D eigenvalue weighted by molar-refractivity contribution is -0.137. The number of hydrogen-bond donors (Lipinski definition) is 2. The Hall–Kier alpha value is -3.07. The SMILES string of the molecule is N[C@H](Cc1cc(F)c(F)cc1F)[C@@H]1C[C@H]2CC[C@@H](C1)N2C(=O)CNC(=O)COc1ccccc1. The molecule has 0 aromatic heterocycles. The molecule has 2 heterocycles. The molecule has 3 N–H and O–H groups in total. The van der Waals surface area contributed by atoms with E-state index in [0.717, 1.165) is 18.9 Å². The molecule has 4 rings (SSSR count). The van der Waals surface area contributed by atoms with Gasteiger partial charge in [0.1, 0.15) is 11.6 Å². The molecule has 0 spiro atoms. The van der Waals surface area contributed by atoms with Gasteiger partial charge in [-0.2, -0.15) is 0 Å². The maximum Gasteiger partial charge on any atom is 0.258 e. The normalized spacial score (nSPS) is 22.4. The molecule has 34 heavy (non-hydrogen) atoms. The minimum absolute atomic E-state index is 0.00503. The van der Waals surface area contributed by atoms with E-state index in [9.17, 15) is 22.8 Å². The van der Waals surface area contributed by atoms with Crippen LogP contribution in [0, 0.1) is 23.4 Å². The number of hydrogen-bond acceptors (Lipinski definition) is 4. The number of rotatable bonds is 8. The lowest BCUT2D eigenvalue weighted by Gasteiger charge is -2.41. The van der Waals surface area contributed by atoms with Gasteiger partial charge in [0.15, 0.2) is 18.2 Å². The molecule has 2 amide bonds. The summed E-state index contributed by atoms with van der Waals surface area (Å²) in [4.78, 5) is 26.7. The highest BCUT2D eigenvalue weighted by Gasteiger charge is 2.44. The van der Waals surface area contributed by atoms with Crippen molar-refractivity contribution in [2.24, 2.45) is 11.7 Å². The van der Waals surface area contributed by atoms with Crippen LogP contribution in [0.25, 0.3) is 0 Å². The van der Waals surface area contributed by atoms with Crippen molar-refractivity contribution in [1.29, 1.82) is 0 Å². The number of halogens is 3. The number of benzene rings is 2. The lowest BCUT2D eigenvalue weighted by atomic mass is 9.82. The number of nitrogens with zero attached hydrogens (tertiary/aromatic N) is 1. The molecule has 0 radical (unpaired) electrons. The van der Waals surface area contributed by atoms with E-state index in [2.05, 4.69) is 5.32 Å². The van der Waals surface area contributed by atoms with Crippen molar-refractivity contribution in [3.63, 3.8) is 0 Å². The summed E-state index contributed by atoms with van der Waals surface area (Å²) in [5.41, 5.74) is 6.39. The minimum atomic E-state index is -1.22. The maximum atomic E-state index is 14.0. The van der Waals surface area contributed by atoms with Crippen LogP contribution < -0.4 is 15.8 Å². The number of carbonyl (C=O) groups excluding carboxylic acids is 2. The number of nitrogens with one attached hydrogen (secondary N) is 1. The molecule has 0 unspecified atom stereocenters. The topological polar surface area (TPSA) is 84.7 Å². The second-order valence-corrected chi connectivity index (χ2v) is 9.02. The van der Waals surface area contributed by atoms with E-state index >= 15 is 0 Å². The Labute approximate surface area is 196 Å². The Balaban J connectivity index is 1.27. The molecule has 2 saturated heterocycles. The smallest absolute Gasteiger partial charge is 0.258 e. The van der Waals surface area contributed by atoms with Gasteiger partial charge >= 0.3 is 0 Å². The standard InChI is InChI=1S/C25H28F3N3O3/c26-20-12-22(28)21(27)10-15(20)11-23(29)16-8-17-6-7-18(9-16)31(17)25(33)13-30-24(32)14-34-19-4-2-1-3-5-19/h1-5,10,12,16-18,23H,6-9,11,13-14,29H2,(H,30,32)/t16-,17-,18+,23-/m1/s1. The summed E-state index contributed by atoms with van der Waals surface area (Å²) < 4.78 is 46.1. The molecule has 0 aliphatic carbocycles. The number of ether oxygens (including phenoxy) is 1. The number of amides is 2. The van der Waals surface area contributed by atoms with Gasteiger partial charge in [0.2, 0.25) is 5.91 Å². The average Bonchev–Trinajstić information content (AvgIpc) is 3.09. The van der Waals surface area contributed by atoms with E-state index in [4.69, 9.17) is 10.5 Å². The Morgan fingerprint density at radius 2 is 1.68 bits per heavy atom. The minimum Gasteiger partial charge on any atom is -0.484 e. The van der Waals surface area contributed by atoms with Crippen LogP contribution in [0.15, 0.2) is 42.5 Å². The van der Waals surface area contributed by atoms with Crippen LogP contribution in [-0.2, 0) is 16.0 Å². The van der Waals surface area contributed by atoms with E-state index in [-0.39, 0.29) is 55.0 Å². The second kappa shape index (κ2) is 10.5. The Kier molecular flexibility index (Phi) is 7.41. The maximum absolute atomic E-state index is 14.0. The number of nitrogens with two attached hydrogens (primary N) is 1. The fourth-order valence-corrected chi connectivity index (χ4v) is 5.10. The molecule has 0 saturated carbocycles. The van der Waals surface area contributed by atoms with Crippen molar-refractivity contribution in [3.05, 3.63) is 65.5 Å². The summed E-state index contributed by atoms with van der Waals surface area (Å²) in [7, 11) is 0. The van der Waals surface area contributed by atoms with Crippen molar-refractivity contribution >= 4 is 11.8 Å². The van der Waals surface area contributed by atoms with E-state index in [0.29, 0.717) is 24.7 Å². The van der Waals surface area contributed by atoms with Crippen LogP contribution in [0.4, 0.5) is 13.2 Å². The Bertz CT molecular complexity index is 1020. The van der Waals surface area contributed by atoms with Gasteiger partial charge in [-0.25, -0.2) is 13.2 Å². The van der Waals surface area contributed by atoms with Gasteiger partial charge in [0.05, 0.1) is 6.54 Å². The Morgan fingerprint density at radius 3 is 2.35 bits per heavy atom. The highest BCUT2D eigenvalue weighted by atomic mass is 19.2. The van der Waals surface area contributed by atoms with Crippen LogP contribution in [-0.4, -0.2) is 48.0 Å². The summed E-state index contributed by atoms with van der Waals surface area (Å²) in [6, 6.07) is 9.89. The van der Waals surface area contributed by atoms with Gasteiger partial charge in [0, 0.05) is 24.2 Å². The highest BCUT2D eigenvalue weighted by molar-refractivity contribution is 5.86. The van der Waals surface area contributed by atoms with Crippen LogP contribution >= 0.6 is 0 Å². The first-order valence-corrected chi connectivity index (χ1v) is 11.5. The zero-order chi connectivity index (χ0) is 24.2. The largest absolute Gasteiger partial charge is 0.484 e. The summed E-state index contributed by atoms with van der Waals surface area (Å²) in [6.45, 7) is -0.289. The molecule has 6 nitrogen and oxygen atoms in total. The van der Waals surface area contributed by atoms with Gasteiger partial charge in [0.25, 0.3) is 5.91 Å². The highest BCUT2D eigenvalue weighted by Crippen LogP contribution is 2.40. The molecule has 2 aromatic carbocycles. The fourth-order valence-electron chi connectivity index (χ4n) is 5.10. The number of carbonyl (C=O) groups is 2. The number of para-hydroxylation sites is 1. The predicted molar refractivity (Wildman–Crippen MR) is 119 cm³/mol. The molecule has 4 atom stereocenters. The molecule has 2 aromatic rings. The van der Waals surface area contributed by atoms with E-state index in [1.807, 2.05) is 11.0 Å². The summed E-state index contributed by atoms with van der Waals surface area (Å²) in [5, 5.41) is 2.61. The predicted octanol–water partition coefficient (Wildman–Crippen LogP) is 2.94. The van der Waals surface area contributed by atoms with Crippen molar-refractivity contribution in [2.75, 3.05) is 13.2 Å². The molecule has 2 aliphatic heterocycles.